The Morgan fingerprint density at radius 3 is 2.59 bits per heavy atom. The lowest BCUT2D eigenvalue weighted by Gasteiger charge is -2.35. The summed E-state index contributed by atoms with van der Waals surface area (Å²) < 4.78 is 0. The summed E-state index contributed by atoms with van der Waals surface area (Å²) in [6.07, 6.45) is 3.47. The predicted molar refractivity (Wildman–Crippen MR) is 90.3 cm³/mol. The van der Waals surface area contributed by atoms with Crippen LogP contribution in [-0.4, -0.2) is 27.2 Å². The molecule has 0 saturated heterocycles. The average molecular weight is 323 g/mol. The molecule has 1 aromatic heterocycles. The zero-order valence-corrected chi connectivity index (χ0v) is 14.2. The van der Waals surface area contributed by atoms with Crippen molar-refractivity contribution >= 4 is 29.3 Å². The normalized spacial score (nSPS) is 26.4. The van der Waals surface area contributed by atoms with Crippen LogP contribution in [0, 0.1) is 11.8 Å². The van der Waals surface area contributed by atoms with Crippen molar-refractivity contribution in [3.8, 4) is 0 Å². The second-order valence-electron chi connectivity index (χ2n) is 6.14. The van der Waals surface area contributed by atoms with E-state index in [4.69, 9.17) is 11.5 Å². The second-order valence-corrected chi connectivity index (χ2v) is 7.45. The molecule has 1 saturated carbocycles. The fraction of sp³-hybridized carbons (Fsp3) is 0.667. The summed E-state index contributed by atoms with van der Waals surface area (Å²) in [5.74, 6) is 1.81. The van der Waals surface area contributed by atoms with Gasteiger partial charge in [0, 0.05) is 12.1 Å². The zero-order valence-electron chi connectivity index (χ0n) is 13.4. The van der Waals surface area contributed by atoms with Crippen molar-refractivity contribution < 1.29 is 4.79 Å². The molecule has 1 aliphatic rings. The number of thioether (sulfide) groups is 1. The SMILES string of the molecule is C[C@H]1[C@H](C)CCC[C@H]1NC(=O)[C@H](C)Sc1nc(N)cc(N)n1. The minimum absolute atomic E-state index is 0.0144. The Morgan fingerprint density at radius 2 is 1.95 bits per heavy atom. The molecule has 1 amide bonds. The van der Waals surface area contributed by atoms with E-state index in [1.165, 1.54) is 30.7 Å². The number of carbonyl (C=O) groups is 1. The van der Waals surface area contributed by atoms with Crippen LogP contribution in [0.5, 0.6) is 0 Å². The molecule has 0 aromatic carbocycles. The van der Waals surface area contributed by atoms with Gasteiger partial charge in [0.1, 0.15) is 11.6 Å². The lowest BCUT2D eigenvalue weighted by atomic mass is 9.78. The second kappa shape index (κ2) is 7.17. The predicted octanol–water partition coefficient (Wildman–Crippen LogP) is 2.06. The number of nitrogens with zero attached hydrogens (tertiary/aromatic N) is 2. The molecule has 1 fully saturated rings. The van der Waals surface area contributed by atoms with Crippen LogP contribution < -0.4 is 16.8 Å². The van der Waals surface area contributed by atoms with Gasteiger partial charge < -0.3 is 16.8 Å². The number of anilines is 2. The first-order chi connectivity index (χ1) is 10.4. The van der Waals surface area contributed by atoms with Crippen molar-refractivity contribution in [1.82, 2.24) is 15.3 Å². The number of rotatable bonds is 4. The minimum atomic E-state index is -0.286. The molecule has 5 N–H and O–H groups in total. The van der Waals surface area contributed by atoms with E-state index in [-0.39, 0.29) is 17.2 Å². The Kier molecular flexibility index (Phi) is 5.50. The number of hydrogen-bond acceptors (Lipinski definition) is 6. The zero-order chi connectivity index (χ0) is 16.3. The fourth-order valence-corrected chi connectivity index (χ4v) is 3.62. The van der Waals surface area contributed by atoms with E-state index >= 15 is 0 Å². The van der Waals surface area contributed by atoms with Gasteiger partial charge >= 0.3 is 0 Å². The molecule has 4 atom stereocenters. The monoisotopic (exact) mass is 323 g/mol. The van der Waals surface area contributed by atoms with Gasteiger partial charge in [0.2, 0.25) is 5.91 Å². The van der Waals surface area contributed by atoms with Crippen molar-refractivity contribution in [2.24, 2.45) is 11.8 Å². The van der Waals surface area contributed by atoms with E-state index in [0.29, 0.717) is 28.6 Å². The molecule has 7 heteroatoms. The van der Waals surface area contributed by atoms with E-state index in [0.717, 1.165) is 6.42 Å². The molecule has 0 unspecified atom stereocenters. The average Bonchev–Trinajstić information content (AvgIpc) is 2.42. The Bertz CT molecular complexity index is 518. The number of amides is 1. The summed E-state index contributed by atoms with van der Waals surface area (Å²) in [6, 6.07) is 1.76. The van der Waals surface area contributed by atoms with Gasteiger partial charge in [-0.15, -0.1) is 0 Å². The number of nitrogen functional groups attached to an aromatic ring is 2. The number of nitrogens with two attached hydrogens (primary N) is 2. The van der Waals surface area contributed by atoms with Gasteiger partial charge in [-0.05, 0) is 25.2 Å². The first-order valence-electron chi connectivity index (χ1n) is 7.74. The van der Waals surface area contributed by atoms with Gasteiger partial charge in [0.05, 0.1) is 5.25 Å². The molecule has 0 bridgehead atoms. The van der Waals surface area contributed by atoms with E-state index in [1.54, 1.807) is 0 Å². The number of nitrogens with one attached hydrogen (secondary N) is 1. The van der Waals surface area contributed by atoms with Gasteiger partial charge in [-0.3, -0.25) is 4.79 Å². The molecule has 122 valence electrons. The van der Waals surface area contributed by atoms with Gasteiger partial charge in [-0.2, -0.15) is 0 Å². The van der Waals surface area contributed by atoms with E-state index in [1.807, 2.05) is 6.92 Å². The molecule has 0 radical (unpaired) electrons. The Labute approximate surface area is 135 Å². The van der Waals surface area contributed by atoms with Crippen LogP contribution >= 0.6 is 11.8 Å². The molecule has 22 heavy (non-hydrogen) atoms. The van der Waals surface area contributed by atoms with Crippen LogP contribution in [0.1, 0.15) is 40.0 Å². The molecular weight excluding hydrogens is 298 g/mol. The third-order valence-electron chi connectivity index (χ3n) is 4.43. The smallest absolute Gasteiger partial charge is 0.233 e. The van der Waals surface area contributed by atoms with Crippen molar-refractivity contribution in [2.75, 3.05) is 11.5 Å². The molecule has 1 aromatic rings. The largest absolute Gasteiger partial charge is 0.383 e. The van der Waals surface area contributed by atoms with Gasteiger partial charge in [0.25, 0.3) is 0 Å². The minimum Gasteiger partial charge on any atom is -0.383 e. The van der Waals surface area contributed by atoms with Crippen LogP contribution in [0.25, 0.3) is 0 Å². The van der Waals surface area contributed by atoms with Crippen LogP contribution in [-0.2, 0) is 4.79 Å². The quantitative estimate of drug-likeness (QED) is 0.578. The van der Waals surface area contributed by atoms with Crippen molar-refractivity contribution in [1.29, 1.82) is 0 Å². The Hall–Kier alpha value is -1.50. The maximum Gasteiger partial charge on any atom is 0.233 e. The maximum absolute atomic E-state index is 12.4. The standard InChI is InChI=1S/C15H25N5OS/c1-8-5-4-6-11(9(8)2)18-14(21)10(3)22-15-19-12(16)7-13(17)20-15/h7-11H,4-6H2,1-3H3,(H,18,21)(H4,16,17,19,20)/t8-,9+,10+,11-/m1/s1. The van der Waals surface area contributed by atoms with Crippen molar-refractivity contribution in [3.63, 3.8) is 0 Å². The molecule has 0 spiro atoms. The molecule has 1 aliphatic carbocycles. The summed E-state index contributed by atoms with van der Waals surface area (Å²) in [5, 5.41) is 3.32. The first kappa shape index (κ1) is 16.9. The lowest BCUT2D eigenvalue weighted by molar-refractivity contribution is -0.121. The molecule has 1 heterocycles. The molecule has 6 nitrogen and oxygen atoms in total. The van der Waals surface area contributed by atoms with E-state index in [2.05, 4.69) is 29.1 Å². The molecular formula is C15H25N5OS. The van der Waals surface area contributed by atoms with E-state index in [9.17, 15) is 4.79 Å². The third kappa shape index (κ3) is 4.25. The summed E-state index contributed by atoms with van der Waals surface area (Å²) >= 11 is 1.28. The Morgan fingerprint density at radius 1 is 1.32 bits per heavy atom. The van der Waals surface area contributed by atoms with Crippen LogP contribution in [0.4, 0.5) is 11.6 Å². The summed E-state index contributed by atoms with van der Waals surface area (Å²) in [4.78, 5) is 20.6. The third-order valence-corrected chi connectivity index (χ3v) is 5.39. The molecule has 0 aliphatic heterocycles. The van der Waals surface area contributed by atoms with Crippen molar-refractivity contribution in [3.05, 3.63) is 6.07 Å². The van der Waals surface area contributed by atoms with Gasteiger partial charge in [0.15, 0.2) is 5.16 Å². The maximum atomic E-state index is 12.4. The highest BCUT2D eigenvalue weighted by Crippen LogP contribution is 2.30. The lowest BCUT2D eigenvalue weighted by Crippen LogP contribution is -2.46. The number of carbonyl (C=O) groups excluding carboxylic acids is 1. The van der Waals surface area contributed by atoms with E-state index < -0.39 is 0 Å². The van der Waals surface area contributed by atoms with Crippen LogP contribution in [0.15, 0.2) is 11.2 Å². The molecule has 2 rings (SSSR count). The Balaban J connectivity index is 1.94. The highest BCUT2D eigenvalue weighted by Gasteiger charge is 2.29. The fourth-order valence-electron chi connectivity index (χ4n) is 2.81. The van der Waals surface area contributed by atoms with Gasteiger partial charge in [-0.25, -0.2) is 9.97 Å². The summed E-state index contributed by atoms with van der Waals surface area (Å²) in [7, 11) is 0. The highest BCUT2D eigenvalue weighted by molar-refractivity contribution is 8.00. The highest BCUT2D eigenvalue weighted by atomic mass is 32.2. The number of hydrogen-bond donors (Lipinski definition) is 3. The van der Waals surface area contributed by atoms with Crippen LogP contribution in [0.3, 0.4) is 0 Å². The first-order valence-corrected chi connectivity index (χ1v) is 8.62. The van der Waals surface area contributed by atoms with Gasteiger partial charge in [-0.1, -0.05) is 38.5 Å². The summed E-state index contributed by atoms with van der Waals surface area (Å²) in [6.45, 7) is 6.32. The number of aromatic nitrogens is 2. The van der Waals surface area contributed by atoms with Crippen LogP contribution in [0.2, 0.25) is 0 Å². The summed E-state index contributed by atoms with van der Waals surface area (Å²) in [5.41, 5.74) is 11.3. The van der Waals surface area contributed by atoms with Crippen molar-refractivity contribution in [2.45, 2.75) is 56.5 Å². The topological polar surface area (TPSA) is 107 Å².